The van der Waals surface area contributed by atoms with E-state index < -0.39 is 0 Å². The Morgan fingerprint density at radius 2 is 1.75 bits per heavy atom. The molecule has 0 amide bonds. The number of nitrogens with zero attached hydrogens (tertiary/aromatic N) is 3. The molecule has 2 aliphatic heterocycles. The van der Waals surface area contributed by atoms with Gasteiger partial charge in [-0.05, 0) is 43.8 Å². The first kappa shape index (κ1) is 24.3. The van der Waals surface area contributed by atoms with Crippen LogP contribution in [0.15, 0.2) is 34.9 Å². The van der Waals surface area contributed by atoms with Crippen LogP contribution in [0.4, 0.5) is 0 Å². The molecule has 9 heteroatoms. The molecule has 1 fully saturated rings. The second-order valence-corrected chi connectivity index (χ2v) is 7.99. The number of likely N-dealkylation sites (N-methyl/N-ethyl adjacent to an activating group) is 1. The first-order valence-electron chi connectivity index (χ1n) is 10.3. The second-order valence-electron chi connectivity index (χ2n) is 7.99. The lowest BCUT2D eigenvalue weighted by Gasteiger charge is -2.32. The topological polar surface area (TPSA) is 68.0 Å². The van der Waals surface area contributed by atoms with Crippen molar-refractivity contribution in [3.8, 4) is 11.5 Å². The Hall–Kier alpha value is -2.32. The number of piperazine rings is 1. The number of carbonyl (C=O) groups excluding carboxylic acids is 1. The molecule has 0 radical (unpaired) electrons. The molecular weight excluding hydrogens is 453 g/mol. The average Bonchev–Trinajstić information content (AvgIpc) is 3.23. The van der Waals surface area contributed by atoms with Crippen molar-refractivity contribution in [1.82, 2.24) is 14.8 Å². The maximum atomic E-state index is 13.1. The van der Waals surface area contributed by atoms with Gasteiger partial charge in [0.25, 0.3) is 0 Å². The van der Waals surface area contributed by atoms with Crippen molar-refractivity contribution in [2.24, 2.45) is 0 Å². The normalized spacial score (nSPS) is 16.3. The number of ketones is 1. The van der Waals surface area contributed by atoms with E-state index in [-0.39, 0.29) is 30.6 Å². The van der Waals surface area contributed by atoms with Gasteiger partial charge in [0.15, 0.2) is 22.8 Å². The van der Waals surface area contributed by atoms with Crippen LogP contribution in [-0.4, -0.2) is 67.0 Å². The summed E-state index contributed by atoms with van der Waals surface area (Å²) in [6, 6.07) is 7.10. The highest BCUT2D eigenvalue weighted by molar-refractivity contribution is 6.09. The Labute approximate surface area is 199 Å². The Bertz CT molecular complexity index is 1110. The molecule has 2 aromatic heterocycles. The summed E-state index contributed by atoms with van der Waals surface area (Å²) in [6.07, 6.45) is 1.91. The smallest absolute Gasteiger partial charge is 0.228 e. The summed E-state index contributed by atoms with van der Waals surface area (Å²) in [5.41, 5.74) is 3.07. The van der Waals surface area contributed by atoms with Gasteiger partial charge in [0.1, 0.15) is 13.2 Å². The summed E-state index contributed by atoms with van der Waals surface area (Å²) in [6.45, 7) is 7.86. The monoisotopic (exact) mass is 479 g/mol. The maximum absolute atomic E-state index is 13.1. The van der Waals surface area contributed by atoms with Crippen LogP contribution >= 0.6 is 24.8 Å². The van der Waals surface area contributed by atoms with Gasteiger partial charge in [-0.25, -0.2) is 0 Å². The summed E-state index contributed by atoms with van der Waals surface area (Å²) in [7, 11) is 2.15. The lowest BCUT2D eigenvalue weighted by atomic mass is 10.1. The number of furan rings is 1. The first-order chi connectivity index (χ1) is 14.6. The lowest BCUT2D eigenvalue weighted by Crippen LogP contribution is -2.43. The van der Waals surface area contributed by atoms with Gasteiger partial charge in [-0.2, -0.15) is 0 Å². The molecular formula is C23H27Cl2N3O4. The van der Waals surface area contributed by atoms with Crippen molar-refractivity contribution >= 4 is 41.6 Å². The molecule has 0 atom stereocenters. The second kappa shape index (κ2) is 10.1. The van der Waals surface area contributed by atoms with Crippen LogP contribution in [0.3, 0.4) is 0 Å². The van der Waals surface area contributed by atoms with E-state index >= 15 is 0 Å². The maximum Gasteiger partial charge on any atom is 0.228 e. The number of fused-ring (bicyclic) bond motifs is 2. The van der Waals surface area contributed by atoms with Crippen LogP contribution < -0.4 is 9.47 Å². The fourth-order valence-electron chi connectivity index (χ4n) is 4.01. The minimum atomic E-state index is -0.173. The predicted octanol–water partition coefficient (Wildman–Crippen LogP) is 3.73. The highest BCUT2D eigenvalue weighted by atomic mass is 35.5. The van der Waals surface area contributed by atoms with E-state index in [0.29, 0.717) is 41.6 Å². The molecule has 1 aromatic carbocycles. The van der Waals surface area contributed by atoms with E-state index in [0.717, 1.165) is 49.4 Å². The molecule has 0 spiro atoms. The molecule has 0 bridgehead atoms. The number of aromatic nitrogens is 1. The van der Waals surface area contributed by atoms with E-state index in [1.807, 2.05) is 19.2 Å². The van der Waals surface area contributed by atoms with Crippen molar-refractivity contribution < 1.29 is 18.7 Å². The van der Waals surface area contributed by atoms with Crippen molar-refractivity contribution in [3.05, 3.63) is 53.0 Å². The number of ether oxygens (including phenoxy) is 2. The van der Waals surface area contributed by atoms with Crippen LogP contribution in [0.1, 0.15) is 27.4 Å². The van der Waals surface area contributed by atoms with E-state index in [1.165, 1.54) is 0 Å². The number of rotatable bonds is 4. The largest absolute Gasteiger partial charge is 0.486 e. The summed E-state index contributed by atoms with van der Waals surface area (Å²) in [4.78, 5) is 22.4. The van der Waals surface area contributed by atoms with Crippen LogP contribution in [-0.2, 0) is 6.54 Å². The quantitative estimate of drug-likeness (QED) is 0.528. The fourth-order valence-corrected chi connectivity index (χ4v) is 4.01. The molecule has 1 saturated heterocycles. The van der Waals surface area contributed by atoms with Crippen LogP contribution in [0.25, 0.3) is 11.0 Å². The van der Waals surface area contributed by atoms with Gasteiger partial charge in [-0.3, -0.25) is 14.7 Å². The molecule has 0 saturated carbocycles. The minimum absolute atomic E-state index is 0. The number of benzene rings is 1. The number of aryl methyl sites for hydroxylation is 1. The zero-order valence-corrected chi connectivity index (χ0v) is 19.8. The van der Waals surface area contributed by atoms with Gasteiger partial charge in [0.05, 0.1) is 5.69 Å². The Kier molecular flexibility index (Phi) is 7.67. The lowest BCUT2D eigenvalue weighted by molar-refractivity contribution is 0.101. The van der Waals surface area contributed by atoms with Gasteiger partial charge < -0.3 is 18.8 Å². The van der Waals surface area contributed by atoms with Gasteiger partial charge in [-0.1, -0.05) is 0 Å². The van der Waals surface area contributed by atoms with Crippen molar-refractivity contribution in [2.75, 3.05) is 46.4 Å². The third kappa shape index (κ3) is 4.71. The predicted molar refractivity (Wildman–Crippen MR) is 127 cm³/mol. The zero-order valence-electron chi connectivity index (χ0n) is 18.1. The zero-order chi connectivity index (χ0) is 20.7. The van der Waals surface area contributed by atoms with Gasteiger partial charge in [-0.15, -0.1) is 24.8 Å². The van der Waals surface area contributed by atoms with E-state index in [4.69, 9.17) is 13.9 Å². The van der Waals surface area contributed by atoms with Crippen molar-refractivity contribution in [1.29, 1.82) is 0 Å². The van der Waals surface area contributed by atoms with Gasteiger partial charge in [0, 0.05) is 49.9 Å². The number of pyridine rings is 1. The number of carbonyl (C=O) groups is 1. The van der Waals surface area contributed by atoms with Crippen LogP contribution in [0, 0.1) is 6.92 Å². The highest BCUT2D eigenvalue weighted by Gasteiger charge is 2.22. The highest BCUT2D eigenvalue weighted by Crippen LogP contribution is 2.33. The van der Waals surface area contributed by atoms with Crippen LogP contribution in [0.2, 0.25) is 0 Å². The molecule has 3 aromatic rings. The summed E-state index contributed by atoms with van der Waals surface area (Å²) in [5.74, 6) is 1.40. The SMILES string of the molecule is Cc1ncc(CN2CCN(C)CC2)c2cc(C(=O)c3ccc4c(c3)OCCO4)oc12.Cl.Cl. The third-order valence-electron chi connectivity index (χ3n) is 5.84. The van der Waals surface area contributed by atoms with E-state index in [9.17, 15) is 4.79 Å². The molecule has 2 aliphatic rings. The Morgan fingerprint density at radius 1 is 1.03 bits per heavy atom. The van der Waals surface area contributed by atoms with E-state index in [2.05, 4.69) is 21.8 Å². The van der Waals surface area contributed by atoms with Crippen molar-refractivity contribution in [2.45, 2.75) is 13.5 Å². The van der Waals surface area contributed by atoms with E-state index in [1.54, 1.807) is 18.2 Å². The number of hydrogen-bond acceptors (Lipinski definition) is 7. The van der Waals surface area contributed by atoms with Crippen LogP contribution in [0.5, 0.6) is 11.5 Å². The summed E-state index contributed by atoms with van der Waals surface area (Å²) in [5, 5.41) is 0.960. The Morgan fingerprint density at radius 3 is 2.50 bits per heavy atom. The minimum Gasteiger partial charge on any atom is -0.486 e. The first-order valence-corrected chi connectivity index (χ1v) is 10.3. The number of hydrogen-bond donors (Lipinski definition) is 0. The molecule has 0 N–H and O–H groups in total. The molecule has 4 heterocycles. The van der Waals surface area contributed by atoms with Crippen molar-refractivity contribution in [3.63, 3.8) is 0 Å². The Balaban J connectivity index is 0.00000144. The van der Waals surface area contributed by atoms with Gasteiger partial charge >= 0.3 is 0 Å². The third-order valence-corrected chi connectivity index (χ3v) is 5.84. The number of halogens is 2. The fraction of sp³-hybridized carbons (Fsp3) is 0.391. The molecule has 0 unspecified atom stereocenters. The average molecular weight is 480 g/mol. The molecule has 5 rings (SSSR count). The molecule has 0 aliphatic carbocycles. The van der Waals surface area contributed by atoms with Gasteiger partial charge in [0.2, 0.25) is 5.78 Å². The summed E-state index contributed by atoms with van der Waals surface area (Å²) < 4.78 is 17.2. The summed E-state index contributed by atoms with van der Waals surface area (Å²) >= 11 is 0. The standard InChI is InChI=1S/C23H25N3O4.2ClH/c1-15-23-18(17(13-24-15)14-26-7-5-25(2)6-8-26)12-21(30-23)22(27)16-3-4-19-20(11-16)29-10-9-28-19;;/h3-4,11-13H,5-10,14H2,1-2H3;2*1H. The molecule has 7 nitrogen and oxygen atoms in total. The molecule has 172 valence electrons. The molecule has 32 heavy (non-hydrogen) atoms.